The average Bonchev–Trinajstić information content (AvgIpc) is 2.55. The molecule has 0 radical (unpaired) electrons. The Morgan fingerprint density at radius 3 is 2.88 bits per heavy atom. The maximum absolute atomic E-state index is 4.45. The van der Waals surface area contributed by atoms with Crippen LogP contribution < -0.4 is 5.32 Å². The Kier molecular flexibility index (Phi) is 4.55. The van der Waals surface area contributed by atoms with Crippen molar-refractivity contribution in [2.75, 3.05) is 26.0 Å². The van der Waals surface area contributed by atoms with E-state index in [0.717, 1.165) is 24.7 Å². The summed E-state index contributed by atoms with van der Waals surface area (Å²) >= 11 is 0. The third-order valence-corrected chi connectivity index (χ3v) is 2.64. The highest BCUT2D eigenvalue weighted by Crippen LogP contribution is 2.10. The van der Waals surface area contributed by atoms with Crippen molar-refractivity contribution in [3.05, 3.63) is 24.5 Å². The van der Waals surface area contributed by atoms with Crippen molar-refractivity contribution in [2.45, 2.75) is 26.4 Å². The van der Waals surface area contributed by atoms with E-state index in [2.05, 4.69) is 53.6 Å². The molecule has 0 aromatic carbocycles. The lowest BCUT2D eigenvalue weighted by Gasteiger charge is -2.21. The van der Waals surface area contributed by atoms with Gasteiger partial charge in [-0.1, -0.05) is 6.08 Å². The lowest BCUT2D eigenvalue weighted by molar-refractivity contribution is 0.285. The minimum absolute atomic E-state index is 0.484. The van der Waals surface area contributed by atoms with E-state index in [1.807, 2.05) is 13.0 Å². The molecule has 4 heteroatoms. The molecule has 1 atom stereocenters. The Labute approximate surface area is 98.0 Å². The van der Waals surface area contributed by atoms with Crippen LogP contribution in [-0.2, 0) is 6.54 Å². The Bertz CT molecular complexity index is 341. The first-order valence-electron chi connectivity index (χ1n) is 5.59. The second-order valence-corrected chi connectivity index (χ2v) is 4.34. The summed E-state index contributed by atoms with van der Waals surface area (Å²) in [5.41, 5.74) is 1.04. The summed E-state index contributed by atoms with van der Waals surface area (Å²) in [6.45, 7) is 9.59. The first-order chi connectivity index (χ1) is 7.54. The van der Waals surface area contributed by atoms with Crippen molar-refractivity contribution < 1.29 is 0 Å². The molecule has 1 aromatic rings. The predicted octanol–water partition coefficient (Wildman–Crippen LogP) is 1.74. The SMILES string of the molecule is C=CCNc1nc(C)cn1CC(C)N(C)C. The lowest BCUT2D eigenvalue weighted by atomic mass is 10.3. The molecular weight excluding hydrogens is 200 g/mol. The fourth-order valence-electron chi connectivity index (χ4n) is 1.44. The summed E-state index contributed by atoms with van der Waals surface area (Å²) < 4.78 is 2.16. The van der Waals surface area contributed by atoms with Crippen molar-refractivity contribution in [3.63, 3.8) is 0 Å². The molecule has 4 nitrogen and oxygen atoms in total. The summed E-state index contributed by atoms with van der Waals surface area (Å²) in [4.78, 5) is 6.65. The van der Waals surface area contributed by atoms with E-state index in [-0.39, 0.29) is 0 Å². The molecule has 0 aliphatic rings. The largest absolute Gasteiger partial charge is 0.352 e. The molecule has 1 unspecified atom stereocenters. The molecule has 0 spiro atoms. The number of nitrogens with zero attached hydrogens (tertiary/aromatic N) is 3. The average molecular weight is 222 g/mol. The monoisotopic (exact) mass is 222 g/mol. The second-order valence-electron chi connectivity index (χ2n) is 4.34. The van der Waals surface area contributed by atoms with Gasteiger partial charge in [0, 0.05) is 25.3 Å². The van der Waals surface area contributed by atoms with Crippen LogP contribution in [0.15, 0.2) is 18.9 Å². The quantitative estimate of drug-likeness (QED) is 0.744. The van der Waals surface area contributed by atoms with Gasteiger partial charge >= 0.3 is 0 Å². The van der Waals surface area contributed by atoms with Gasteiger partial charge in [-0.3, -0.25) is 0 Å². The number of nitrogens with one attached hydrogen (secondary N) is 1. The highest BCUT2D eigenvalue weighted by atomic mass is 15.2. The molecule has 0 aliphatic carbocycles. The van der Waals surface area contributed by atoms with Gasteiger partial charge in [-0.05, 0) is 27.9 Å². The number of likely N-dealkylation sites (N-methyl/N-ethyl adjacent to an activating group) is 1. The minimum Gasteiger partial charge on any atom is -0.352 e. The van der Waals surface area contributed by atoms with Gasteiger partial charge in [0.1, 0.15) is 0 Å². The fourth-order valence-corrected chi connectivity index (χ4v) is 1.44. The van der Waals surface area contributed by atoms with Crippen LogP contribution in [0.5, 0.6) is 0 Å². The van der Waals surface area contributed by atoms with Gasteiger partial charge < -0.3 is 14.8 Å². The number of rotatable bonds is 6. The van der Waals surface area contributed by atoms with E-state index in [1.165, 1.54) is 0 Å². The second kappa shape index (κ2) is 5.70. The molecule has 1 aromatic heterocycles. The highest BCUT2D eigenvalue weighted by Gasteiger charge is 2.09. The topological polar surface area (TPSA) is 33.1 Å². The number of aryl methyl sites for hydroxylation is 1. The highest BCUT2D eigenvalue weighted by molar-refractivity contribution is 5.29. The summed E-state index contributed by atoms with van der Waals surface area (Å²) in [6, 6.07) is 0.484. The van der Waals surface area contributed by atoms with Gasteiger partial charge in [-0.2, -0.15) is 0 Å². The molecule has 0 aliphatic heterocycles. The lowest BCUT2D eigenvalue weighted by Crippen LogP contribution is -2.29. The number of anilines is 1. The van der Waals surface area contributed by atoms with Gasteiger partial charge in [-0.15, -0.1) is 6.58 Å². The zero-order chi connectivity index (χ0) is 12.1. The maximum atomic E-state index is 4.45. The van der Waals surface area contributed by atoms with Gasteiger partial charge in [0.05, 0.1) is 5.69 Å². The van der Waals surface area contributed by atoms with Gasteiger partial charge in [0.15, 0.2) is 0 Å². The predicted molar refractivity (Wildman–Crippen MR) is 68.8 cm³/mol. The van der Waals surface area contributed by atoms with Crippen LogP contribution in [0.25, 0.3) is 0 Å². The van der Waals surface area contributed by atoms with E-state index in [1.54, 1.807) is 0 Å². The smallest absolute Gasteiger partial charge is 0.203 e. The normalized spacial score (nSPS) is 12.8. The van der Waals surface area contributed by atoms with Crippen molar-refractivity contribution in [1.29, 1.82) is 0 Å². The van der Waals surface area contributed by atoms with Crippen LogP contribution in [0.4, 0.5) is 5.95 Å². The zero-order valence-corrected chi connectivity index (χ0v) is 10.7. The Morgan fingerprint density at radius 1 is 1.62 bits per heavy atom. The Morgan fingerprint density at radius 2 is 2.31 bits per heavy atom. The van der Waals surface area contributed by atoms with Crippen molar-refractivity contribution >= 4 is 5.95 Å². The van der Waals surface area contributed by atoms with Crippen LogP contribution in [0.1, 0.15) is 12.6 Å². The van der Waals surface area contributed by atoms with Crippen LogP contribution in [0, 0.1) is 6.92 Å². The van der Waals surface area contributed by atoms with E-state index in [4.69, 9.17) is 0 Å². The first kappa shape index (κ1) is 12.8. The van der Waals surface area contributed by atoms with Gasteiger partial charge in [0.25, 0.3) is 0 Å². The third kappa shape index (κ3) is 3.38. The molecule has 1 rings (SSSR count). The van der Waals surface area contributed by atoms with Crippen molar-refractivity contribution in [3.8, 4) is 0 Å². The van der Waals surface area contributed by atoms with Crippen LogP contribution >= 0.6 is 0 Å². The molecule has 90 valence electrons. The summed E-state index contributed by atoms with van der Waals surface area (Å²) in [5.74, 6) is 0.922. The molecule has 0 amide bonds. The number of hydrogen-bond donors (Lipinski definition) is 1. The number of hydrogen-bond acceptors (Lipinski definition) is 3. The van der Waals surface area contributed by atoms with E-state index in [0.29, 0.717) is 6.04 Å². The molecular formula is C12H22N4. The molecule has 1 N–H and O–H groups in total. The van der Waals surface area contributed by atoms with Crippen molar-refractivity contribution in [1.82, 2.24) is 14.5 Å². The molecule has 0 saturated heterocycles. The van der Waals surface area contributed by atoms with Gasteiger partial charge in [0.2, 0.25) is 5.95 Å². The number of aromatic nitrogens is 2. The van der Waals surface area contributed by atoms with Crippen molar-refractivity contribution in [2.24, 2.45) is 0 Å². The standard InChI is InChI=1S/C12H22N4/c1-6-7-13-12-14-10(2)8-16(12)9-11(3)15(4)5/h6,8,11H,1,7,9H2,2-5H3,(H,13,14). The number of imidazole rings is 1. The minimum atomic E-state index is 0.484. The molecule has 0 fully saturated rings. The zero-order valence-electron chi connectivity index (χ0n) is 10.7. The van der Waals surface area contributed by atoms with Gasteiger partial charge in [-0.25, -0.2) is 4.98 Å². The maximum Gasteiger partial charge on any atom is 0.203 e. The first-order valence-corrected chi connectivity index (χ1v) is 5.59. The fraction of sp³-hybridized carbons (Fsp3) is 0.583. The van der Waals surface area contributed by atoms with Crippen LogP contribution in [-0.4, -0.2) is 41.1 Å². The Balaban J connectivity index is 2.73. The Hall–Kier alpha value is -1.29. The summed E-state index contributed by atoms with van der Waals surface area (Å²) in [5, 5.41) is 3.24. The summed E-state index contributed by atoms with van der Waals surface area (Å²) in [7, 11) is 4.18. The van der Waals surface area contributed by atoms with Crippen LogP contribution in [0.2, 0.25) is 0 Å². The summed E-state index contributed by atoms with van der Waals surface area (Å²) in [6.07, 6.45) is 3.91. The molecule has 1 heterocycles. The molecule has 16 heavy (non-hydrogen) atoms. The third-order valence-electron chi connectivity index (χ3n) is 2.64. The van der Waals surface area contributed by atoms with Crippen LogP contribution in [0.3, 0.4) is 0 Å². The van der Waals surface area contributed by atoms with E-state index >= 15 is 0 Å². The van der Waals surface area contributed by atoms with E-state index in [9.17, 15) is 0 Å². The molecule has 0 bridgehead atoms. The van der Waals surface area contributed by atoms with E-state index < -0.39 is 0 Å². The molecule has 0 saturated carbocycles.